The smallest absolute Gasteiger partial charge is 0.278 e. The quantitative estimate of drug-likeness (QED) is 0.186. The number of rotatable bonds is 8. The molecule has 0 bridgehead atoms. The van der Waals surface area contributed by atoms with Crippen LogP contribution in [0.3, 0.4) is 0 Å². The van der Waals surface area contributed by atoms with E-state index in [1.807, 2.05) is 31.2 Å². The van der Waals surface area contributed by atoms with Crippen molar-refractivity contribution in [3.8, 4) is 11.8 Å². The highest BCUT2D eigenvalue weighted by Crippen LogP contribution is 2.18. The molecule has 0 radical (unpaired) electrons. The average Bonchev–Trinajstić information content (AvgIpc) is 2.86. The fraction of sp³-hybridized carbons (Fsp3) is 0.320. The van der Waals surface area contributed by atoms with Crippen molar-refractivity contribution in [2.45, 2.75) is 25.8 Å². The van der Waals surface area contributed by atoms with Gasteiger partial charge in [0.1, 0.15) is 0 Å². The molecular weight excluding hydrogens is 422 g/mol. The number of hydrogen-bond acceptors (Lipinski definition) is 5. The van der Waals surface area contributed by atoms with Crippen LogP contribution in [0.5, 0.6) is 0 Å². The third kappa shape index (κ3) is 6.19. The van der Waals surface area contributed by atoms with E-state index >= 15 is 0 Å². The number of amides is 3. The minimum Gasteiger partial charge on any atom is -0.381 e. The van der Waals surface area contributed by atoms with Crippen LogP contribution in [-0.2, 0) is 20.7 Å². The zero-order valence-corrected chi connectivity index (χ0v) is 19.3. The Morgan fingerprint density at radius 2 is 1.55 bits per heavy atom. The lowest BCUT2D eigenvalue weighted by molar-refractivity contribution is -0.148. The molecule has 0 aliphatic rings. The predicted octanol–water partition coefficient (Wildman–Crippen LogP) is 1.75. The van der Waals surface area contributed by atoms with Crippen LogP contribution in [0.4, 0.5) is 0 Å². The molecule has 0 saturated heterocycles. The standard InChI is InChI=1S/C25H29N3O5/c1-5-33-17-16-20-10-8-18(9-11-20)6-7-19-12-14-21(15-13-19)22(29)28(4)25(2,23(30)26-3)24(31)27-32/h8-15,32H,5,16-17H2,1-4H3,(H,26,30)(H,27,31). The summed E-state index contributed by atoms with van der Waals surface area (Å²) >= 11 is 0. The number of carbonyl (C=O) groups is 3. The molecule has 0 saturated carbocycles. The maximum atomic E-state index is 12.9. The number of likely N-dealkylation sites (N-methyl/N-ethyl adjacent to an activating group) is 2. The van der Waals surface area contributed by atoms with E-state index in [1.54, 1.807) is 24.3 Å². The molecule has 8 nitrogen and oxygen atoms in total. The Hall–Kier alpha value is -3.67. The molecule has 0 aliphatic carbocycles. The molecule has 3 N–H and O–H groups in total. The third-order valence-corrected chi connectivity index (χ3v) is 5.36. The van der Waals surface area contributed by atoms with Crippen molar-refractivity contribution in [1.82, 2.24) is 15.7 Å². The van der Waals surface area contributed by atoms with Gasteiger partial charge in [-0.15, -0.1) is 0 Å². The average molecular weight is 452 g/mol. The van der Waals surface area contributed by atoms with Crippen LogP contribution in [-0.4, -0.2) is 60.7 Å². The number of hydroxylamine groups is 1. The second-order valence-corrected chi connectivity index (χ2v) is 7.43. The van der Waals surface area contributed by atoms with Gasteiger partial charge in [-0.2, -0.15) is 0 Å². The van der Waals surface area contributed by atoms with Gasteiger partial charge in [0.15, 0.2) is 5.54 Å². The fourth-order valence-electron chi connectivity index (χ4n) is 3.09. The van der Waals surface area contributed by atoms with Crippen LogP contribution in [0.25, 0.3) is 0 Å². The molecule has 2 aromatic rings. The van der Waals surface area contributed by atoms with E-state index in [1.165, 1.54) is 32.1 Å². The zero-order valence-electron chi connectivity index (χ0n) is 19.3. The predicted molar refractivity (Wildman–Crippen MR) is 124 cm³/mol. The minimum atomic E-state index is -1.94. The van der Waals surface area contributed by atoms with Crippen LogP contribution in [0.15, 0.2) is 48.5 Å². The molecule has 0 fully saturated rings. The van der Waals surface area contributed by atoms with E-state index < -0.39 is 23.3 Å². The Labute approximate surface area is 193 Å². The van der Waals surface area contributed by atoms with E-state index in [4.69, 9.17) is 9.94 Å². The van der Waals surface area contributed by atoms with Crippen LogP contribution >= 0.6 is 0 Å². The second-order valence-electron chi connectivity index (χ2n) is 7.43. The van der Waals surface area contributed by atoms with Crippen LogP contribution < -0.4 is 10.8 Å². The second kappa shape index (κ2) is 11.8. The van der Waals surface area contributed by atoms with Gasteiger partial charge in [-0.25, -0.2) is 5.48 Å². The molecule has 1 unspecified atom stereocenters. The Kier molecular flexibility index (Phi) is 9.16. The number of nitrogens with one attached hydrogen (secondary N) is 2. The van der Waals surface area contributed by atoms with E-state index in [0.29, 0.717) is 18.8 Å². The number of carbonyl (C=O) groups excluding carboxylic acids is 3. The summed E-state index contributed by atoms with van der Waals surface area (Å²) in [5.41, 5.74) is 2.53. The largest absolute Gasteiger partial charge is 0.381 e. The first kappa shape index (κ1) is 25.6. The van der Waals surface area contributed by atoms with Gasteiger partial charge in [-0.1, -0.05) is 24.0 Å². The van der Waals surface area contributed by atoms with Crippen molar-refractivity contribution in [3.05, 3.63) is 70.8 Å². The zero-order chi connectivity index (χ0) is 24.4. The molecule has 0 aliphatic heterocycles. The maximum Gasteiger partial charge on any atom is 0.278 e. The fourth-order valence-corrected chi connectivity index (χ4v) is 3.09. The molecule has 174 valence electrons. The summed E-state index contributed by atoms with van der Waals surface area (Å²) < 4.78 is 5.36. The Morgan fingerprint density at radius 3 is 2.03 bits per heavy atom. The molecule has 1 atom stereocenters. The summed E-state index contributed by atoms with van der Waals surface area (Å²) in [7, 11) is 2.66. The first-order valence-corrected chi connectivity index (χ1v) is 10.5. The molecular formula is C25H29N3O5. The molecule has 0 spiro atoms. The first-order chi connectivity index (χ1) is 15.8. The van der Waals surface area contributed by atoms with Crippen molar-refractivity contribution in [2.24, 2.45) is 0 Å². The molecule has 8 heteroatoms. The lowest BCUT2D eigenvalue weighted by atomic mass is 9.96. The number of benzene rings is 2. The highest BCUT2D eigenvalue weighted by Gasteiger charge is 2.47. The summed E-state index contributed by atoms with van der Waals surface area (Å²) in [5, 5.41) is 11.4. The summed E-state index contributed by atoms with van der Waals surface area (Å²) in [4.78, 5) is 38.3. The first-order valence-electron chi connectivity index (χ1n) is 10.5. The van der Waals surface area contributed by atoms with E-state index in [9.17, 15) is 14.4 Å². The van der Waals surface area contributed by atoms with Gasteiger partial charge in [0.2, 0.25) is 0 Å². The van der Waals surface area contributed by atoms with E-state index in [-0.39, 0.29) is 5.56 Å². The van der Waals surface area contributed by atoms with Crippen molar-refractivity contribution in [2.75, 3.05) is 27.3 Å². The van der Waals surface area contributed by atoms with Gasteiger partial charge in [0, 0.05) is 37.4 Å². The Balaban J connectivity index is 2.13. The van der Waals surface area contributed by atoms with Gasteiger partial charge < -0.3 is 15.0 Å². The summed E-state index contributed by atoms with van der Waals surface area (Å²) in [6.45, 7) is 4.61. The SMILES string of the molecule is CCOCCc1ccc(C#Cc2ccc(C(=O)N(C)C(C)(C(=O)NC)C(=O)NO)cc2)cc1. The highest BCUT2D eigenvalue weighted by molar-refractivity contribution is 6.12. The molecule has 2 aromatic carbocycles. The maximum absolute atomic E-state index is 12.9. The summed E-state index contributed by atoms with van der Waals surface area (Å²) in [6, 6.07) is 14.5. The van der Waals surface area contributed by atoms with Crippen LogP contribution in [0.1, 0.15) is 40.9 Å². The van der Waals surface area contributed by atoms with Crippen molar-refractivity contribution in [1.29, 1.82) is 0 Å². The molecule has 2 rings (SSSR count). The van der Waals surface area contributed by atoms with Crippen LogP contribution in [0.2, 0.25) is 0 Å². The molecule has 0 heterocycles. The lowest BCUT2D eigenvalue weighted by Gasteiger charge is -2.34. The minimum absolute atomic E-state index is 0.266. The molecule has 3 amide bonds. The highest BCUT2D eigenvalue weighted by atomic mass is 16.5. The normalized spacial score (nSPS) is 12.0. The Bertz CT molecular complexity index is 1020. The molecule has 0 aromatic heterocycles. The van der Waals surface area contributed by atoms with Crippen molar-refractivity contribution < 1.29 is 24.3 Å². The number of nitrogens with zero attached hydrogens (tertiary/aromatic N) is 1. The lowest BCUT2D eigenvalue weighted by Crippen LogP contribution is -2.64. The van der Waals surface area contributed by atoms with E-state index in [0.717, 1.165) is 16.9 Å². The van der Waals surface area contributed by atoms with Gasteiger partial charge in [-0.05, 0) is 62.2 Å². The Morgan fingerprint density at radius 1 is 1.00 bits per heavy atom. The molecule has 33 heavy (non-hydrogen) atoms. The topological polar surface area (TPSA) is 108 Å². The number of ether oxygens (including phenoxy) is 1. The van der Waals surface area contributed by atoms with Gasteiger partial charge in [0.25, 0.3) is 17.7 Å². The number of hydrogen-bond donors (Lipinski definition) is 3. The van der Waals surface area contributed by atoms with Crippen molar-refractivity contribution in [3.63, 3.8) is 0 Å². The summed E-state index contributed by atoms with van der Waals surface area (Å²) in [6.07, 6.45) is 0.852. The monoisotopic (exact) mass is 451 g/mol. The third-order valence-electron chi connectivity index (χ3n) is 5.36. The van der Waals surface area contributed by atoms with Gasteiger partial charge >= 0.3 is 0 Å². The van der Waals surface area contributed by atoms with Crippen LogP contribution in [0, 0.1) is 11.8 Å². The van der Waals surface area contributed by atoms with Gasteiger partial charge in [-0.3, -0.25) is 19.6 Å². The van der Waals surface area contributed by atoms with Crippen molar-refractivity contribution >= 4 is 17.7 Å². The van der Waals surface area contributed by atoms with Gasteiger partial charge in [0.05, 0.1) is 6.61 Å². The summed E-state index contributed by atoms with van der Waals surface area (Å²) in [5.74, 6) is 3.81. The van der Waals surface area contributed by atoms with E-state index in [2.05, 4.69) is 17.2 Å².